The van der Waals surface area contributed by atoms with Gasteiger partial charge < -0.3 is 13.7 Å². The number of rotatable bonds is 7. The van der Waals surface area contributed by atoms with Crippen LogP contribution in [0.25, 0.3) is 34.4 Å². The molecule has 0 atom stereocenters. The van der Waals surface area contributed by atoms with Crippen molar-refractivity contribution in [1.82, 2.24) is 30.1 Å². The number of aryl methyl sites for hydroxylation is 2. The van der Waals surface area contributed by atoms with Gasteiger partial charge in [-0.25, -0.2) is 9.67 Å². The van der Waals surface area contributed by atoms with E-state index in [-0.39, 0.29) is 0 Å². The number of nitrogens with zero attached hydrogens (tertiary/aromatic N) is 6. The van der Waals surface area contributed by atoms with Gasteiger partial charge in [0.25, 0.3) is 5.89 Å². The SMILES string of the molecule is CCOc1cccc(-c2noc(-c3nnn(Cc4nc(-c5ccc(C)cc5)oc4C)c3C)n2)c1. The van der Waals surface area contributed by atoms with E-state index >= 15 is 0 Å². The van der Waals surface area contributed by atoms with Crippen LogP contribution in [0.2, 0.25) is 0 Å². The maximum atomic E-state index is 5.90. The molecular weight excluding hydrogens is 432 g/mol. The van der Waals surface area contributed by atoms with Crippen molar-refractivity contribution >= 4 is 0 Å². The summed E-state index contributed by atoms with van der Waals surface area (Å²) >= 11 is 0. The number of hydrogen-bond donors (Lipinski definition) is 0. The van der Waals surface area contributed by atoms with Gasteiger partial charge in [-0.15, -0.1) is 5.10 Å². The fourth-order valence-corrected chi connectivity index (χ4v) is 3.57. The summed E-state index contributed by atoms with van der Waals surface area (Å²) in [5.41, 5.74) is 5.02. The summed E-state index contributed by atoms with van der Waals surface area (Å²) in [5.74, 6) is 2.84. The van der Waals surface area contributed by atoms with E-state index in [1.807, 2.05) is 76.2 Å². The first kappa shape index (κ1) is 21.6. The lowest BCUT2D eigenvalue weighted by Gasteiger charge is -2.02. The zero-order valence-electron chi connectivity index (χ0n) is 19.4. The lowest BCUT2D eigenvalue weighted by molar-refractivity contribution is 0.340. The fourth-order valence-electron chi connectivity index (χ4n) is 3.57. The van der Waals surface area contributed by atoms with Gasteiger partial charge in [-0.1, -0.05) is 40.2 Å². The van der Waals surface area contributed by atoms with E-state index in [1.54, 1.807) is 4.68 Å². The third-order valence-electron chi connectivity index (χ3n) is 5.51. The molecule has 0 saturated carbocycles. The van der Waals surface area contributed by atoms with Crippen molar-refractivity contribution in [2.24, 2.45) is 0 Å². The molecule has 0 bridgehead atoms. The molecule has 5 aromatic rings. The number of oxazole rings is 1. The summed E-state index contributed by atoms with van der Waals surface area (Å²) in [6.07, 6.45) is 0. The summed E-state index contributed by atoms with van der Waals surface area (Å²) < 4.78 is 18.7. The molecule has 0 N–H and O–H groups in total. The molecule has 172 valence electrons. The summed E-state index contributed by atoms with van der Waals surface area (Å²) in [7, 11) is 0. The van der Waals surface area contributed by atoms with Gasteiger partial charge in [0.2, 0.25) is 11.7 Å². The van der Waals surface area contributed by atoms with Gasteiger partial charge in [0, 0.05) is 11.1 Å². The van der Waals surface area contributed by atoms with Crippen LogP contribution < -0.4 is 4.74 Å². The fraction of sp³-hybridized carbons (Fsp3) is 0.240. The Labute approximate surface area is 196 Å². The Morgan fingerprint density at radius 2 is 1.76 bits per heavy atom. The van der Waals surface area contributed by atoms with Gasteiger partial charge in [0.15, 0.2) is 5.69 Å². The summed E-state index contributed by atoms with van der Waals surface area (Å²) in [6.45, 7) is 8.79. The second-order valence-corrected chi connectivity index (χ2v) is 7.95. The Morgan fingerprint density at radius 3 is 2.56 bits per heavy atom. The lowest BCUT2D eigenvalue weighted by Crippen LogP contribution is -2.05. The smallest absolute Gasteiger partial charge is 0.280 e. The van der Waals surface area contributed by atoms with Crippen molar-refractivity contribution < 1.29 is 13.7 Å². The molecular formula is C25H24N6O3. The summed E-state index contributed by atoms with van der Waals surface area (Å²) in [4.78, 5) is 9.19. The number of ether oxygens (including phenoxy) is 1. The van der Waals surface area contributed by atoms with Crippen LogP contribution in [0.5, 0.6) is 5.75 Å². The third-order valence-corrected chi connectivity index (χ3v) is 5.51. The first-order valence-corrected chi connectivity index (χ1v) is 11.0. The highest BCUT2D eigenvalue weighted by molar-refractivity contribution is 5.60. The van der Waals surface area contributed by atoms with Crippen LogP contribution in [0.3, 0.4) is 0 Å². The average Bonchev–Trinajstić information content (AvgIpc) is 3.55. The van der Waals surface area contributed by atoms with Crippen LogP contribution in [0.1, 0.15) is 29.6 Å². The topological polar surface area (TPSA) is 105 Å². The second kappa shape index (κ2) is 8.93. The van der Waals surface area contributed by atoms with E-state index in [4.69, 9.17) is 13.7 Å². The van der Waals surface area contributed by atoms with Crippen LogP contribution >= 0.6 is 0 Å². The first-order chi connectivity index (χ1) is 16.5. The van der Waals surface area contributed by atoms with Crippen molar-refractivity contribution in [3.63, 3.8) is 0 Å². The van der Waals surface area contributed by atoms with E-state index in [0.717, 1.165) is 34.0 Å². The lowest BCUT2D eigenvalue weighted by atomic mass is 10.1. The summed E-state index contributed by atoms with van der Waals surface area (Å²) in [6, 6.07) is 15.6. The van der Waals surface area contributed by atoms with Crippen LogP contribution in [-0.4, -0.2) is 36.7 Å². The molecule has 0 saturated heterocycles. The van der Waals surface area contributed by atoms with Crippen molar-refractivity contribution in [2.45, 2.75) is 34.2 Å². The number of hydrogen-bond acceptors (Lipinski definition) is 8. The van der Waals surface area contributed by atoms with E-state index in [2.05, 4.69) is 25.4 Å². The monoisotopic (exact) mass is 456 g/mol. The highest BCUT2D eigenvalue weighted by Crippen LogP contribution is 2.27. The molecule has 5 rings (SSSR count). The molecule has 0 aliphatic rings. The van der Waals surface area contributed by atoms with Crippen LogP contribution in [-0.2, 0) is 6.54 Å². The van der Waals surface area contributed by atoms with E-state index in [1.165, 1.54) is 5.56 Å². The third kappa shape index (κ3) is 4.19. The van der Waals surface area contributed by atoms with Crippen LogP contribution in [0.15, 0.2) is 57.5 Å². The minimum Gasteiger partial charge on any atom is -0.494 e. The number of benzene rings is 2. The van der Waals surface area contributed by atoms with Crippen molar-refractivity contribution in [1.29, 1.82) is 0 Å². The molecule has 0 fully saturated rings. The molecule has 0 spiro atoms. The minimum atomic E-state index is 0.304. The normalized spacial score (nSPS) is 11.2. The molecule has 0 amide bonds. The molecule has 3 heterocycles. The quantitative estimate of drug-likeness (QED) is 0.336. The van der Waals surface area contributed by atoms with E-state index in [9.17, 15) is 0 Å². The average molecular weight is 457 g/mol. The maximum Gasteiger partial charge on any atom is 0.280 e. The summed E-state index contributed by atoms with van der Waals surface area (Å²) in [5, 5.41) is 12.7. The standard InChI is InChI=1S/C25H24N6O3/c1-5-32-20-8-6-7-19(13-20)23-27-25(34-29-23)22-16(3)31(30-28-22)14-21-17(4)33-24(26-21)18-11-9-15(2)10-12-18/h6-13H,5,14H2,1-4H3. The Hall–Kier alpha value is -4.27. The maximum absolute atomic E-state index is 5.90. The number of aromatic nitrogens is 6. The molecule has 2 aromatic carbocycles. The van der Waals surface area contributed by atoms with Crippen molar-refractivity contribution in [2.75, 3.05) is 6.61 Å². The van der Waals surface area contributed by atoms with E-state index in [0.29, 0.717) is 36.5 Å². The van der Waals surface area contributed by atoms with Gasteiger partial charge in [-0.2, -0.15) is 4.98 Å². The van der Waals surface area contributed by atoms with Gasteiger partial charge in [0.1, 0.15) is 17.2 Å². The largest absolute Gasteiger partial charge is 0.494 e. The zero-order valence-corrected chi connectivity index (χ0v) is 19.4. The highest BCUT2D eigenvalue weighted by atomic mass is 16.5. The molecule has 34 heavy (non-hydrogen) atoms. The van der Waals surface area contributed by atoms with Crippen molar-refractivity contribution in [3.05, 3.63) is 71.2 Å². The van der Waals surface area contributed by atoms with Gasteiger partial charge >= 0.3 is 0 Å². The first-order valence-electron chi connectivity index (χ1n) is 11.0. The van der Waals surface area contributed by atoms with Crippen molar-refractivity contribution in [3.8, 4) is 40.2 Å². The Morgan fingerprint density at radius 1 is 0.941 bits per heavy atom. The zero-order chi connectivity index (χ0) is 23.7. The predicted molar refractivity (Wildman–Crippen MR) is 125 cm³/mol. The van der Waals surface area contributed by atoms with Gasteiger partial charge in [-0.05, 0) is 52.0 Å². The molecule has 9 nitrogen and oxygen atoms in total. The predicted octanol–water partition coefficient (Wildman–Crippen LogP) is 5.02. The Bertz CT molecular complexity index is 1430. The second-order valence-electron chi connectivity index (χ2n) is 7.95. The molecule has 0 unspecified atom stereocenters. The molecule has 9 heteroatoms. The molecule has 0 radical (unpaired) electrons. The molecule has 3 aromatic heterocycles. The highest BCUT2D eigenvalue weighted by Gasteiger charge is 2.20. The molecule has 0 aliphatic heterocycles. The van der Waals surface area contributed by atoms with Crippen LogP contribution in [0.4, 0.5) is 0 Å². The minimum absolute atomic E-state index is 0.304. The van der Waals surface area contributed by atoms with Gasteiger partial charge in [-0.3, -0.25) is 0 Å². The van der Waals surface area contributed by atoms with Crippen LogP contribution in [0, 0.1) is 20.8 Å². The molecule has 0 aliphatic carbocycles. The Kier molecular flexibility index (Phi) is 5.67. The van der Waals surface area contributed by atoms with E-state index < -0.39 is 0 Å². The van der Waals surface area contributed by atoms with Gasteiger partial charge in [0.05, 0.1) is 18.8 Å². The Balaban J connectivity index is 1.38.